The fourth-order valence-corrected chi connectivity index (χ4v) is 4.03. The van der Waals surface area contributed by atoms with E-state index >= 15 is 0 Å². The summed E-state index contributed by atoms with van der Waals surface area (Å²) < 4.78 is 46.4. The summed E-state index contributed by atoms with van der Waals surface area (Å²) >= 11 is 0. The highest BCUT2D eigenvalue weighted by Crippen LogP contribution is 2.35. The van der Waals surface area contributed by atoms with Gasteiger partial charge in [0.25, 0.3) is 0 Å². The molecule has 1 saturated heterocycles. The molecule has 3 nitrogen and oxygen atoms in total. The number of likely N-dealkylation sites (N-methyl/N-ethyl adjacent to an activating group) is 1. The third-order valence-electron chi connectivity index (χ3n) is 5.91. The maximum atomic E-state index is 13.3. The highest BCUT2D eigenvalue weighted by molar-refractivity contribution is 5.88. The van der Waals surface area contributed by atoms with Gasteiger partial charge in [-0.05, 0) is 36.2 Å². The van der Waals surface area contributed by atoms with Gasteiger partial charge in [0.2, 0.25) is 0 Å². The third-order valence-corrected chi connectivity index (χ3v) is 5.91. The zero-order chi connectivity index (χ0) is 21.8. The Morgan fingerprint density at radius 1 is 0.903 bits per heavy atom. The molecule has 0 bridgehead atoms. The van der Waals surface area contributed by atoms with E-state index in [1.165, 1.54) is 12.1 Å². The number of halogens is 3. The van der Waals surface area contributed by atoms with Gasteiger partial charge in [0, 0.05) is 44.5 Å². The molecule has 0 spiro atoms. The maximum absolute atomic E-state index is 13.3. The molecule has 1 unspecified atom stereocenters. The van der Waals surface area contributed by atoms with Crippen LogP contribution in [0.1, 0.15) is 23.7 Å². The molecule has 4 rings (SSSR count). The van der Waals surface area contributed by atoms with Gasteiger partial charge in [-0.15, -0.1) is 0 Å². The Morgan fingerprint density at radius 3 is 2.39 bits per heavy atom. The molecule has 6 heteroatoms. The number of fused-ring (bicyclic) bond motifs is 1. The first kappa shape index (κ1) is 21.7. The fraction of sp³-hybridized carbons (Fsp3) is 0.360. The quantitative estimate of drug-likeness (QED) is 0.507. The Hall–Kier alpha value is -2.57. The summed E-state index contributed by atoms with van der Waals surface area (Å²) in [5, 5.41) is 2.00. The van der Waals surface area contributed by atoms with Crippen LogP contribution in [0.25, 0.3) is 10.8 Å². The minimum absolute atomic E-state index is 0.465. The molecule has 1 atom stereocenters. The summed E-state index contributed by atoms with van der Waals surface area (Å²) in [5.41, 5.74) is -0.0898. The topological polar surface area (TPSA) is 15.7 Å². The van der Waals surface area contributed by atoms with E-state index in [-0.39, 0.29) is 0 Å². The minimum Gasteiger partial charge on any atom is -0.485 e. The van der Waals surface area contributed by atoms with Crippen LogP contribution in [-0.2, 0) is 6.18 Å². The molecular weight excluding hydrogens is 401 g/mol. The second kappa shape index (κ2) is 9.28. The van der Waals surface area contributed by atoms with E-state index in [2.05, 4.69) is 16.8 Å². The highest BCUT2D eigenvalue weighted by Gasteiger charge is 2.31. The van der Waals surface area contributed by atoms with Gasteiger partial charge < -0.3 is 14.5 Å². The van der Waals surface area contributed by atoms with Crippen molar-refractivity contribution in [1.29, 1.82) is 0 Å². The molecule has 0 amide bonds. The van der Waals surface area contributed by atoms with E-state index in [4.69, 9.17) is 4.74 Å². The second-order valence-electron chi connectivity index (χ2n) is 8.14. The van der Waals surface area contributed by atoms with Crippen molar-refractivity contribution in [1.82, 2.24) is 9.80 Å². The van der Waals surface area contributed by atoms with Gasteiger partial charge in [-0.25, -0.2) is 0 Å². The van der Waals surface area contributed by atoms with E-state index in [0.717, 1.165) is 49.6 Å². The number of nitrogens with zero attached hydrogens (tertiary/aromatic N) is 2. The van der Waals surface area contributed by atoms with Crippen molar-refractivity contribution in [2.45, 2.75) is 18.7 Å². The van der Waals surface area contributed by atoms with E-state index in [9.17, 15) is 13.2 Å². The first-order chi connectivity index (χ1) is 14.9. The summed E-state index contributed by atoms with van der Waals surface area (Å²) in [7, 11) is 2.10. The van der Waals surface area contributed by atoms with Gasteiger partial charge >= 0.3 is 6.18 Å². The monoisotopic (exact) mass is 428 g/mol. The molecule has 0 radical (unpaired) electrons. The molecule has 0 aromatic heterocycles. The van der Waals surface area contributed by atoms with E-state index in [1.54, 1.807) is 6.07 Å². The molecule has 0 saturated carbocycles. The zero-order valence-electron chi connectivity index (χ0n) is 17.6. The highest BCUT2D eigenvalue weighted by atomic mass is 19.4. The smallest absolute Gasteiger partial charge is 0.416 e. The normalized spacial score (nSPS) is 17.0. The molecule has 0 aliphatic carbocycles. The second-order valence-corrected chi connectivity index (χ2v) is 8.14. The van der Waals surface area contributed by atoms with Crippen LogP contribution in [0, 0.1) is 0 Å². The van der Waals surface area contributed by atoms with Crippen LogP contribution in [0.2, 0.25) is 0 Å². The first-order valence-electron chi connectivity index (χ1n) is 10.6. The van der Waals surface area contributed by atoms with Crippen LogP contribution in [0.5, 0.6) is 5.75 Å². The van der Waals surface area contributed by atoms with Crippen LogP contribution in [0.4, 0.5) is 13.2 Å². The van der Waals surface area contributed by atoms with Crippen LogP contribution in [0.15, 0.2) is 66.7 Å². The molecule has 31 heavy (non-hydrogen) atoms. The number of alkyl halides is 3. The van der Waals surface area contributed by atoms with Gasteiger partial charge in [0.1, 0.15) is 11.9 Å². The van der Waals surface area contributed by atoms with Gasteiger partial charge in [-0.3, -0.25) is 0 Å². The van der Waals surface area contributed by atoms with E-state index in [1.807, 2.05) is 42.5 Å². The lowest BCUT2D eigenvalue weighted by molar-refractivity contribution is -0.137. The van der Waals surface area contributed by atoms with Crippen molar-refractivity contribution in [3.63, 3.8) is 0 Å². The maximum Gasteiger partial charge on any atom is 0.416 e. The first-order valence-corrected chi connectivity index (χ1v) is 10.6. The van der Waals surface area contributed by atoms with Crippen LogP contribution < -0.4 is 4.74 Å². The number of benzene rings is 3. The number of hydrogen-bond acceptors (Lipinski definition) is 3. The summed E-state index contributed by atoms with van der Waals surface area (Å²) in [6.45, 7) is 4.69. The molecule has 164 valence electrons. The molecule has 3 aromatic rings. The number of ether oxygens (including phenoxy) is 1. The molecule has 1 aliphatic heterocycles. The van der Waals surface area contributed by atoms with Crippen molar-refractivity contribution in [3.05, 3.63) is 77.9 Å². The Kier molecular flexibility index (Phi) is 6.49. The lowest BCUT2D eigenvalue weighted by Gasteiger charge is -2.33. The van der Waals surface area contributed by atoms with Crippen molar-refractivity contribution >= 4 is 10.8 Å². The Labute approximate surface area is 181 Å². The fourth-order valence-electron chi connectivity index (χ4n) is 4.03. The summed E-state index contributed by atoms with van der Waals surface area (Å²) in [4.78, 5) is 4.64. The third kappa shape index (κ3) is 5.38. The van der Waals surface area contributed by atoms with Crippen molar-refractivity contribution in [3.8, 4) is 5.75 Å². The Morgan fingerprint density at radius 2 is 1.61 bits per heavy atom. The van der Waals surface area contributed by atoms with Crippen LogP contribution in [-0.4, -0.2) is 49.6 Å². The minimum atomic E-state index is -4.38. The molecule has 0 N–H and O–H groups in total. The summed E-state index contributed by atoms with van der Waals surface area (Å²) in [6, 6.07) is 19.2. The van der Waals surface area contributed by atoms with Crippen molar-refractivity contribution in [2.24, 2.45) is 0 Å². The lowest BCUT2D eigenvalue weighted by atomic mass is 10.0. The lowest BCUT2D eigenvalue weighted by Crippen LogP contribution is -2.45. The van der Waals surface area contributed by atoms with Gasteiger partial charge in [-0.2, -0.15) is 13.2 Å². The largest absolute Gasteiger partial charge is 0.485 e. The van der Waals surface area contributed by atoms with E-state index < -0.39 is 17.8 Å². The molecule has 1 aliphatic rings. The zero-order valence-corrected chi connectivity index (χ0v) is 17.6. The molecule has 1 heterocycles. The van der Waals surface area contributed by atoms with Crippen LogP contribution >= 0.6 is 0 Å². The summed E-state index contributed by atoms with van der Waals surface area (Å²) in [5.74, 6) is 0.693. The average molecular weight is 428 g/mol. The molecular formula is C25H27F3N2O. The van der Waals surface area contributed by atoms with Crippen LogP contribution in [0.3, 0.4) is 0 Å². The van der Waals surface area contributed by atoms with Gasteiger partial charge in [0.05, 0.1) is 5.56 Å². The van der Waals surface area contributed by atoms with E-state index in [0.29, 0.717) is 17.7 Å². The SMILES string of the molecule is CN1CCN(CCC(Oc2cccc3ccccc23)c2cccc(C(F)(F)F)c2)CC1. The Balaban J connectivity index is 1.61. The predicted molar refractivity (Wildman–Crippen MR) is 117 cm³/mol. The van der Waals surface area contributed by atoms with Crippen molar-refractivity contribution in [2.75, 3.05) is 39.8 Å². The Bertz CT molecular complexity index is 1010. The predicted octanol–water partition coefficient (Wildman–Crippen LogP) is 5.62. The van der Waals surface area contributed by atoms with Crippen molar-refractivity contribution < 1.29 is 17.9 Å². The standard InChI is InChI=1S/C25H27F3N2O/c1-29-14-16-30(17-15-29)13-12-23(20-8-4-9-21(18-20)25(26,27)28)31-24-11-5-7-19-6-2-3-10-22(19)24/h2-11,18,23H,12-17H2,1H3. The number of hydrogen-bond donors (Lipinski definition) is 0. The summed E-state index contributed by atoms with van der Waals surface area (Å²) in [6.07, 6.45) is -4.22. The molecule has 3 aromatic carbocycles. The number of piperazine rings is 1. The van der Waals surface area contributed by atoms with Gasteiger partial charge in [0.15, 0.2) is 0 Å². The number of rotatable bonds is 6. The van der Waals surface area contributed by atoms with Gasteiger partial charge in [-0.1, -0.05) is 48.5 Å². The molecule has 1 fully saturated rings. The average Bonchev–Trinajstić information content (AvgIpc) is 2.77.